The molecule has 0 aliphatic heterocycles. The lowest BCUT2D eigenvalue weighted by Gasteiger charge is -2.13. The van der Waals surface area contributed by atoms with Crippen LogP contribution in [-0.4, -0.2) is 24.1 Å². The Morgan fingerprint density at radius 2 is 1.95 bits per heavy atom. The molecule has 0 saturated carbocycles. The first-order valence-electron chi connectivity index (χ1n) is 6.95. The molecule has 22 heavy (non-hydrogen) atoms. The number of hydrogen-bond donors (Lipinski definition) is 1. The molecule has 0 unspecified atom stereocenters. The minimum atomic E-state index is -0.261. The van der Waals surface area contributed by atoms with Gasteiger partial charge in [0.25, 0.3) is 5.91 Å². The van der Waals surface area contributed by atoms with E-state index < -0.39 is 0 Å². The Kier molecular flexibility index (Phi) is 5.77. The van der Waals surface area contributed by atoms with Crippen molar-refractivity contribution in [3.05, 3.63) is 46.7 Å². The number of anilines is 1. The third kappa shape index (κ3) is 4.21. The Hall–Kier alpha value is -2.08. The molecule has 1 aromatic carbocycles. The van der Waals surface area contributed by atoms with Crippen molar-refractivity contribution in [1.82, 2.24) is 4.98 Å². The van der Waals surface area contributed by atoms with E-state index in [0.717, 1.165) is 4.47 Å². The first kappa shape index (κ1) is 16.3. The molecule has 1 amide bonds. The maximum Gasteiger partial charge on any atom is 0.257 e. The van der Waals surface area contributed by atoms with Crippen LogP contribution in [0, 0.1) is 0 Å². The highest BCUT2D eigenvalue weighted by atomic mass is 79.9. The van der Waals surface area contributed by atoms with Crippen molar-refractivity contribution in [2.24, 2.45) is 0 Å². The SMILES string of the molecule is CCOc1ccc(OCC)c(NC(=O)c2cncc(Br)c2)c1. The van der Waals surface area contributed by atoms with Crippen LogP contribution in [0.3, 0.4) is 0 Å². The lowest BCUT2D eigenvalue weighted by atomic mass is 10.2. The molecule has 0 aliphatic carbocycles. The van der Waals surface area contributed by atoms with E-state index in [2.05, 4.69) is 26.2 Å². The Morgan fingerprint density at radius 1 is 1.18 bits per heavy atom. The summed E-state index contributed by atoms with van der Waals surface area (Å²) in [5.41, 5.74) is 1.02. The van der Waals surface area contributed by atoms with Gasteiger partial charge in [0.15, 0.2) is 0 Å². The topological polar surface area (TPSA) is 60.5 Å². The Bertz CT molecular complexity index is 662. The number of rotatable bonds is 6. The quantitative estimate of drug-likeness (QED) is 0.844. The molecule has 0 bridgehead atoms. The van der Waals surface area contributed by atoms with Crippen molar-refractivity contribution in [2.75, 3.05) is 18.5 Å². The number of benzene rings is 1. The minimum absolute atomic E-state index is 0.261. The Morgan fingerprint density at radius 3 is 2.64 bits per heavy atom. The predicted octanol–water partition coefficient (Wildman–Crippen LogP) is 3.89. The third-order valence-electron chi connectivity index (χ3n) is 2.78. The minimum Gasteiger partial charge on any atom is -0.494 e. The summed E-state index contributed by atoms with van der Waals surface area (Å²) in [6, 6.07) is 7.04. The average Bonchev–Trinajstić information content (AvgIpc) is 2.50. The van der Waals surface area contributed by atoms with Gasteiger partial charge in [-0.05, 0) is 48.0 Å². The maximum atomic E-state index is 12.3. The number of nitrogens with zero attached hydrogens (tertiary/aromatic N) is 1. The lowest BCUT2D eigenvalue weighted by Crippen LogP contribution is -2.13. The largest absolute Gasteiger partial charge is 0.494 e. The number of halogens is 1. The molecule has 1 heterocycles. The van der Waals surface area contributed by atoms with Gasteiger partial charge in [0.2, 0.25) is 0 Å². The van der Waals surface area contributed by atoms with Crippen molar-refractivity contribution in [3.63, 3.8) is 0 Å². The molecule has 0 spiro atoms. The number of pyridine rings is 1. The number of nitrogens with one attached hydrogen (secondary N) is 1. The van der Waals surface area contributed by atoms with Crippen LogP contribution >= 0.6 is 15.9 Å². The van der Waals surface area contributed by atoms with Crippen LogP contribution in [0.25, 0.3) is 0 Å². The zero-order chi connectivity index (χ0) is 15.9. The van der Waals surface area contributed by atoms with Crippen LogP contribution in [-0.2, 0) is 0 Å². The van der Waals surface area contributed by atoms with E-state index in [9.17, 15) is 4.79 Å². The van der Waals surface area contributed by atoms with Crippen molar-refractivity contribution >= 4 is 27.5 Å². The molecular weight excluding hydrogens is 348 g/mol. The fraction of sp³-hybridized carbons (Fsp3) is 0.250. The van der Waals surface area contributed by atoms with E-state index in [1.165, 1.54) is 6.20 Å². The van der Waals surface area contributed by atoms with Crippen molar-refractivity contribution in [1.29, 1.82) is 0 Å². The Labute approximate surface area is 137 Å². The van der Waals surface area contributed by atoms with Crippen LogP contribution in [0.1, 0.15) is 24.2 Å². The lowest BCUT2D eigenvalue weighted by molar-refractivity contribution is 0.102. The summed E-state index contributed by atoms with van der Waals surface area (Å²) in [7, 11) is 0. The number of amides is 1. The Balaban J connectivity index is 2.25. The summed E-state index contributed by atoms with van der Waals surface area (Å²) >= 11 is 3.30. The van der Waals surface area contributed by atoms with Gasteiger partial charge in [-0.25, -0.2) is 0 Å². The fourth-order valence-corrected chi connectivity index (χ4v) is 2.24. The molecule has 2 rings (SSSR count). The summed E-state index contributed by atoms with van der Waals surface area (Å²) in [5.74, 6) is 1.01. The highest BCUT2D eigenvalue weighted by Crippen LogP contribution is 2.30. The number of ether oxygens (including phenoxy) is 2. The van der Waals surface area contributed by atoms with Crippen molar-refractivity contribution < 1.29 is 14.3 Å². The fourth-order valence-electron chi connectivity index (χ4n) is 1.88. The highest BCUT2D eigenvalue weighted by Gasteiger charge is 2.12. The number of hydrogen-bond acceptors (Lipinski definition) is 4. The van der Waals surface area contributed by atoms with E-state index in [-0.39, 0.29) is 5.91 Å². The van der Waals surface area contributed by atoms with Gasteiger partial charge in [-0.1, -0.05) is 0 Å². The van der Waals surface area contributed by atoms with E-state index in [1.807, 2.05) is 19.9 Å². The molecule has 0 fully saturated rings. The summed E-state index contributed by atoms with van der Waals surface area (Å²) in [4.78, 5) is 16.3. The van der Waals surface area contributed by atoms with Gasteiger partial charge in [-0.3, -0.25) is 9.78 Å². The summed E-state index contributed by atoms with van der Waals surface area (Å²) < 4.78 is 11.7. The van der Waals surface area contributed by atoms with Gasteiger partial charge < -0.3 is 14.8 Å². The van der Waals surface area contributed by atoms with Gasteiger partial charge in [0.1, 0.15) is 11.5 Å². The van der Waals surface area contributed by atoms with Crippen LogP contribution in [0.15, 0.2) is 41.1 Å². The average molecular weight is 365 g/mol. The van der Waals surface area contributed by atoms with Crippen LogP contribution in [0.4, 0.5) is 5.69 Å². The molecular formula is C16H17BrN2O3. The normalized spacial score (nSPS) is 10.1. The standard InChI is InChI=1S/C16H17BrN2O3/c1-3-21-13-5-6-15(22-4-2)14(8-13)19-16(20)11-7-12(17)10-18-9-11/h5-10H,3-4H2,1-2H3,(H,19,20). The molecule has 0 saturated heterocycles. The monoisotopic (exact) mass is 364 g/mol. The third-order valence-corrected chi connectivity index (χ3v) is 3.21. The molecule has 0 aliphatic rings. The maximum absolute atomic E-state index is 12.3. The summed E-state index contributed by atoms with van der Waals surface area (Å²) in [5, 5.41) is 2.83. The van der Waals surface area contributed by atoms with E-state index in [1.54, 1.807) is 24.4 Å². The van der Waals surface area contributed by atoms with Crippen molar-refractivity contribution in [3.8, 4) is 11.5 Å². The van der Waals surface area contributed by atoms with Gasteiger partial charge in [-0.2, -0.15) is 0 Å². The molecule has 116 valence electrons. The van der Waals surface area contributed by atoms with Crippen LogP contribution < -0.4 is 14.8 Å². The number of aromatic nitrogens is 1. The van der Waals surface area contributed by atoms with Gasteiger partial charge in [0.05, 0.1) is 24.5 Å². The summed E-state index contributed by atoms with van der Waals surface area (Å²) in [6.45, 7) is 4.86. The second-order valence-corrected chi connectivity index (χ2v) is 5.29. The molecule has 0 atom stereocenters. The van der Waals surface area contributed by atoms with E-state index >= 15 is 0 Å². The van der Waals surface area contributed by atoms with Crippen LogP contribution in [0.2, 0.25) is 0 Å². The molecule has 1 N–H and O–H groups in total. The van der Waals surface area contributed by atoms with Gasteiger partial charge >= 0.3 is 0 Å². The first-order valence-corrected chi connectivity index (χ1v) is 7.75. The molecule has 0 radical (unpaired) electrons. The van der Waals surface area contributed by atoms with E-state index in [0.29, 0.717) is 36.0 Å². The molecule has 2 aromatic rings. The van der Waals surface area contributed by atoms with Crippen LogP contribution in [0.5, 0.6) is 11.5 Å². The highest BCUT2D eigenvalue weighted by molar-refractivity contribution is 9.10. The summed E-state index contributed by atoms with van der Waals surface area (Å²) in [6.07, 6.45) is 3.13. The van der Waals surface area contributed by atoms with Gasteiger partial charge in [-0.15, -0.1) is 0 Å². The smallest absolute Gasteiger partial charge is 0.257 e. The number of carbonyl (C=O) groups is 1. The molecule has 1 aromatic heterocycles. The second kappa shape index (κ2) is 7.79. The van der Waals surface area contributed by atoms with E-state index in [4.69, 9.17) is 9.47 Å². The first-order chi connectivity index (χ1) is 10.6. The molecule has 5 nitrogen and oxygen atoms in total. The number of carbonyl (C=O) groups excluding carboxylic acids is 1. The zero-order valence-corrected chi connectivity index (χ0v) is 14.0. The van der Waals surface area contributed by atoms with Crippen molar-refractivity contribution in [2.45, 2.75) is 13.8 Å². The van der Waals surface area contributed by atoms with Gasteiger partial charge in [0, 0.05) is 22.9 Å². The predicted molar refractivity (Wildman–Crippen MR) is 88.7 cm³/mol. The zero-order valence-electron chi connectivity index (χ0n) is 12.4. The second-order valence-electron chi connectivity index (χ2n) is 4.37. The molecule has 6 heteroatoms.